The van der Waals surface area contributed by atoms with E-state index in [1.54, 1.807) is 0 Å². The molecule has 0 saturated heterocycles. The largest absolute Gasteiger partial charge is 0.575 e. The molecule has 0 amide bonds. The summed E-state index contributed by atoms with van der Waals surface area (Å²) in [5.41, 5.74) is 0. The van der Waals surface area contributed by atoms with Crippen molar-refractivity contribution in [3.63, 3.8) is 0 Å². The van der Waals surface area contributed by atoms with Gasteiger partial charge in [-0.1, -0.05) is 0 Å². The SMILES string of the molecule is O=[N+]([O-])c1nc(OC(F)(F)F)cc(S(=O)(=O)Cl)c1O. The minimum absolute atomic E-state index is 0.109. The molecule has 0 aliphatic heterocycles. The first kappa shape index (κ1) is 15.2. The quantitative estimate of drug-likeness (QED) is 0.509. The molecule has 0 aromatic carbocycles. The van der Waals surface area contributed by atoms with Crippen LogP contribution in [0.2, 0.25) is 0 Å². The molecule has 0 spiro atoms. The number of halogens is 4. The van der Waals surface area contributed by atoms with Crippen LogP contribution in [0.5, 0.6) is 11.6 Å². The number of alkyl halides is 3. The van der Waals surface area contributed by atoms with Crippen molar-refractivity contribution in [1.82, 2.24) is 4.98 Å². The molecule has 0 unspecified atom stereocenters. The van der Waals surface area contributed by atoms with Gasteiger partial charge in [-0.15, -0.1) is 13.2 Å². The van der Waals surface area contributed by atoms with Gasteiger partial charge in [-0.05, 0) is 4.92 Å². The van der Waals surface area contributed by atoms with E-state index in [1.165, 1.54) is 0 Å². The summed E-state index contributed by atoms with van der Waals surface area (Å²) in [4.78, 5) is 10.4. The molecule has 0 saturated carbocycles. The van der Waals surface area contributed by atoms with E-state index in [9.17, 15) is 36.8 Å². The number of pyridine rings is 1. The summed E-state index contributed by atoms with van der Waals surface area (Å²) >= 11 is 0. The normalized spacial score (nSPS) is 12.2. The maximum atomic E-state index is 11.9. The van der Waals surface area contributed by atoms with Crippen molar-refractivity contribution in [3.05, 3.63) is 16.2 Å². The van der Waals surface area contributed by atoms with E-state index in [1.807, 2.05) is 0 Å². The number of hydrogen-bond donors (Lipinski definition) is 1. The second-order valence-electron chi connectivity index (χ2n) is 2.87. The third-order valence-corrected chi connectivity index (χ3v) is 2.91. The maximum absolute atomic E-state index is 11.9. The molecule has 106 valence electrons. The number of nitrogens with zero attached hydrogens (tertiary/aromatic N) is 2. The van der Waals surface area contributed by atoms with Crippen molar-refractivity contribution < 1.29 is 36.4 Å². The van der Waals surface area contributed by atoms with Crippen molar-refractivity contribution >= 4 is 25.6 Å². The Hall–Kier alpha value is -1.82. The van der Waals surface area contributed by atoms with Crippen LogP contribution in [-0.2, 0) is 9.05 Å². The van der Waals surface area contributed by atoms with Gasteiger partial charge in [0.1, 0.15) is 4.90 Å². The minimum atomic E-state index is -5.26. The van der Waals surface area contributed by atoms with Gasteiger partial charge in [0.25, 0.3) is 9.05 Å². The molecule has 0 aliphatic rings. The fraction of sp³-hybridized carbons (Fsp3) is 0.167. The van der Waals surface area contributed by atoms with Crippen molar-refractivity contribution in [1.29, 1.82) is 0 Å². The standard InChI is InChI=1S/C6H2ClF3N2O6S/c7-19(16,17)2-1-3(18-6(8,9)10)11-5(4(2)13)12(14)15/h1,13H. The molecule has 1 aromatic rings. The molecule has 1 N–H and O–H groups in total. The van der Waals surface area contributed by atoms with Crippen LogP contribution in [0.3, 0.4) is 0 Å². The lowest BCUT2D eigenvalue weighted by Crippen LogP contribution is -2.18. The summed E-state index contributed by atoms with van der Waals surface area (Å²) in [7, 11) is 0.0716. The van der Waals surface area contributed by atoms with E-state index < -0.39 is 42.7 Å². The summed E-state index contributed by atoms with van der Waals surface area (Å²) in [5, 5.41) is 19.6. The van der Waals surface area contributed by atoms with Gasteiger partial charge in [-0.3, -0.25) is 0 Å². The molecular formula is C6H2ClF3N2O6S. The zero-order valence-electron chi connectivity index (χ0n) is 8.38. The first-order valence-electron chi connectivity index (χ1n) is 4.00. The third kappa shape index (κ3) is 3.82. The highest BCUT2D eigenvalue weighted by Gasteiger charge is 2.37. The van der Waals surface area contributed by atoms with Crippen LogP contribution in [0.25, 0.3) is 0 Å². The second kappa shape index (κ2) is 4.70. The number of ether oxygens (including phenoxy) is 1. The lowest BCUT2D eigenvalue weighted by atomic mass is 10.4. The fourth-order valence-corrected chi connectivity index (χ4v) is 1.88. The Labute approximate surface area is 107 Å². The lowest BCUT2D eigenvalue weighted by Gasteiger charge is -2.07. The van der Waals surface area contributed by atoms with Gasteiger partial charge < -0.3 is 20.0 Å². The van der Waals surface area contributed by atoms with Crippen molar-refractivity contribution in [2.24, 2.45) is 0 Å². The molecule has 1 rings (SSSR count). The first-order valence-corrected chi connectivity index (χ1v) is 6.31. The number of aromatic nitrogens is 1. The van der Waals surface area contributed by atoms with E-state index in [2.05, 4.69) is 9.72 Å². The zero-order chi connectivity index (χ0) is 15.0. The fourth-order valence-electron chi connectivity index (χ4n) is 0.964. The highest BCUT2D eigenvalue weighted by Crippen LogP contribution is 2.37. The predicted molar refractivity (Wildman–Crippen MR) is 52.3 cm³/mol. The molecule has 0 fully saturated rings. The smallest absolute Gasteiger partial charge is 0.500 e. The Morgan fingerprint density at radius 1 is 1.47 bits per heavy atom. The van der Waals surface area contributed by atoms with Gasteiger partial charge in [-0.25, -0.2) is 8.42 Å². The van der Waals surface area contributed by atoms with Crippen molar-refractivity contribution in [2.45, 2.75) is 11.3 Å². The van der Waals surface area contributed by atoms with E-state index in [4.69, 9.17) is 10.7 Å². The van der Waals surface area contributed by atoms with Crippen LogP contribution in [0.4, 0.5) is 19.0 Å². The Kier molecular flexibility index (Phi) is 3.77. The monoisotopic (exact) mass is 322 g/mol. The van der Waals surface area contributed by atoms with Gasteiger partial charge >= 0.3 is 18.1 Å². The van der Waals surface area contributed by atoms with E-state index >= 15 is 0 Å². The number of rotatable bonds is 3. The van der Waals surface area contributed by atoms with Crippen LogP contribution in [-0.4, -0.2) is 29.8 Å². The molecule has 8 nitrogen and oxygen atoms in total. The Morgan fingerprint density at radius 3 is 2.37 bits per heavy atom. The Bertz CT molecular complexity index is 631. The molecule has 0 aliphatic carbocycles. The molecule has 1 aromatic heterocycles. The highest BCUT2D eigenvalue weighted by molar-refractivity contribution is 8.13. The van der Waals surface area contributed by atoms with Crippen molar-refractivity contribution in [3.8, 4) is 11.6 Å². The molecule has 0 radical (unpaired) electrons. The summed E-state index contributed by atoms with van der Waals surface area (Å²) < 4.78 is 60.9. The molecule has 0 bridgehead atoms. The van der Waals surface area contributed by atoms with Crippen LogP contribution in [0, 0.1) is 10.1 Å². The van der Waals surface area contributed by atoms with Gasteiger partial charge in [0.15, 0.2) is 0 Å². The van der Waals surface area contributed by atoms with Crippen LogP contribution in [0.15, 0.2) is 11.0 Å². The zero-order valence-corrected chi connectivity index (χ0v) is 9.95. The van der Waals surface area contributed by atoms with Gasteiger partial charge in [-0.2, -0.15) is 0 Å². The Balaban J connectivity index is 3.54. The third-order valence-electron chi connectivity index (χ3n) is 1.57. The van der Waals surface area contributed by atoms with Gasteiger partial charge in [0.2, 0.25) is 5.75 Å². The predicted octanol–water partition coefficient (Wildman–Crippen LogP) is 1.52. The summed E-state index contributed by atoms with van der Waals surface area (Å²) in [6.45, 7) is 0. The topological polar surface area (TPSA) is 120 Å². The summed E-state index contributed by atoms with van der Waals surface area (Å²) in [5.74, 6) is -4.48. The van der Waals surface area contributed by atoms with Gasteiger partial charge in [0, 0.05) is 15.7 Å². The van der Waals surface area contributed by atoms with Crippen LogP contribution in [0.1, 0.15) is 0 Å². The second-order valence-corrected chi connectivity index (χ2v) is 5.41. The van der Waals surface area contributed by atoms with Crippen LogP contribution >= 0.6 is 10.7 Å². The lowest BCUT2D eigenvalue weighted by molar-refractivity contribution is -0.391. The average Bonchev–Trinajstić information content (AvgIpc) is 2.16. The van der Waals surface area contributed by atoms with E-state index in [0.717, 1.165) is 0 Å². The van der Waals surface area contributed by atoms with E-state index in [-0.39, 0.29) is 6.07 Å². The first-order chi connectivity index (χ1) is 8.42. The summed E-state index contributed by atoms with van der Waals surface area (Å²) in [6, 6.07) is 0.109. The molecule has 1 heterocycles. The molecule has 13 heteroatoms. The molecule has 19 heavy (non-hydrogen) atoms. The Morgan fingerprint density at radius 2 is 2.00 bits per heavy atom. The van der Waals surface area contributed by atoms with Gasteiger partial charge in [0.05, 0.1) is 6.07 Å². The van der Waals surface area contributed by atoms with Crippen molar-refractivity contribution in [2.75, 3.05) is 0 Å². The highest BCUT2D eigenvalue weighted by atomic mass is 35.7. The number of hydrogen-bond acceptors (Lipinski definition) is 7. The maximum Gasteiger partial charge on any atom is 0.575 e. The minimum Gasteiger partial charge on any atom is -0.500 e. The van der Waals surface area contributed by atoms with E-state index in [0.29, 0.717) is 0 Å². The molecule has 0 atom stereocenters. The summed E-state index contributed by atoms with van der Waals surface area (Å²) in [6.07, 6.45) is -5.26. The number of nitro groups is 1. The average molecular weight is 323 g/mol. The molecular weight excluding hydrogens is 321 g/mol. The number of aromatic hydroxyl groups is 1. The van der Waals surface area contributed by atoms with Crippen LogP contribution < -0.4 is 4.74 Å².